The molecule has 0 aliphatic heterocycles. The van der Waals surface area contributed by atoms with Crippen LogP contribution < -0.4 is 0 Å². The number of allylic oxidation sites excluding steroid dienone is 1. The lowest BCUT2D eigenvalue weighted by molar-refractivity contribution is 0.881. The van der Waals surface area contributed by atoms with Crippen molar-refractivity contribution in [2.45, 2.75) is 20.3 Å². The van der Waals surface area contributed by atoms with E-state index in [1.165, 1.54) is 21.9 Å². The van der Waals surface area contributed by atoms with E-state index in [4.69, 9.17) is 0 Å². The summed E-state index contributed by atoms with van der Waals surface area (Å²) in [6, 6.07) is 14.8. The molecule has 20 heavy (non-hydrogen) atoms. The van der Waals surface area contributed by atoms with E-state index in [0.717, 1.165) is 6.42 Å². The van der Waals surface area contributed by atoms with E-state index < -0.39 is 0 Å². The molecule has 0 saturated heterocycles. The summed E-state index contributed by atoms with van der Waals surface area (Å²) in [5.74, 6) is 0.676. The van der Waals surface area contributed by atoms with Gasteiger partial charge in [0.1, 0.15) is 0 Å². The van der Waals surface area contributed by atoms with Crippen LogP contribution in [-0.2, 0) is 0 Å². The molecule has 0 atom stereocenters. The highest BCUT2D eigenvalue weighted by atomic mass is 15.5. The van der Waals surface area contributed by atoms with Gasteiger partial charge in [0, 0.05) is 0 Å². The van der Waals surface area contributed by atoms with Crippen LogP contribution >= 0.6 is 0 Å². The Balaban J connectivity index is 0.000000205. The lowest BCUT2D eigenvalue weighted by atomic mass is 9.98. The minimum absolute atomic E-state index is 0.676. The number of hydrogen-bond donors (Lipinski definition) is 1. The molecule has 0 unspecified atom stereocenters. The number of fused-ring (bicyclic) bond motifs is 1. The molecular formula is C16H18N4. The van der Waals surface area contributed by atoms with Gasteiger partial charge in [-0.25, -0.2) is 0 Å². The predicted octanol–water partition coefficient (Wildman–Crippen LogP) is 3.77. The molecule has 102 valence electrons. The molecule has 0 radical (unpaired) electrons. The standard InChI is InChI=1S/C14H14.C2H4N4/c1-3-11(2)13-10-6-8-12-7-4-5-9-14(12)13;1-2-3-5-6-4-2/h4-10H,2-3H2,1H3;1H3,(H,3,4,5,6). The Bertz CT molecular complexity index is 681. The second-order valence-corrected chi connectivity index (χ2v) is 4.44. The lowest BCUT2D eigenvalue weighted by Crippen LogP contribution is -1.83. The first-order valence-electron chi connectivity index (χ1n) is 6.58. The van der Waals surface area contributed by atoms with Gasteiger partial charge in [-0.3, -0.25) is 0 Å². The van der Waals surface area contributed by atoms with Gasteiger partial charge in [0.2, 0.25) is 0 Å². The van der Waals surface area contributed by atoms with Crippen molar-refractivity contribution in [3.63, 3.8) is 0 Å². The molecule has 0 saturated carbocycles. The molecular weight excluding hydrogens is 248 g/mol. The molecule has 0 bridgehead atoms. The number of H-pyrrole nitrogens is 1. The van der Waals surface area contributed by atoms with E-state index in [0.29, 0.717) is 5.82 Å². The van der Waals surface area contributed by atoms with Crippen molar-refractivity contribution >= 4 is 16.3 Å². The van der Waals surface area contributed by atoms with Crippen molar-refractivity contribution in [3.8, 4) is 0 Å². The average Bonchev–Trinajstić information content (AvgIpc) is 2.97. The first-order chi connectivity index (χ1) is 9.72. The second-order valence-electron chi connectivity index (χ2n) is 4.44. The normalized spacial score (nSPS) is 9.90. The number of aromatic amines is 1. The zero-order valence-electron chi connectivity index (χ0n) is 11.8. The fourth-order valence-electron chi connectivity index (χ4n) is 1.94. The summed E-state index contributed by atoms with van der Waals surface area (Å²) >= 11 is 0. The fourth-order valence-corrected chi connectivity index (χ4v) is 1.94. The molecule has 0 amide bonds. The Hall–Kier alpha value is -2.49. The largest absolute Gasteiger partial charge is 0.177 e. The zero-order valence-corrected chi connectivity index (χ0v) is 11.8. The van der Waals surface area contributed by atoms with Crippen molar-refractivity contribution in [1.29, 1.82) is 0 Å². The number of aromatic nitrogens is 4. The number of hydrogen-bond acceptors (Lipinski definition) is 3. The fraction of sp³-hybridized carbons (Fsp3) is 0.188. The third kappa shape index (κ3) is 3.29. The topological polar surface area (TPSA) is 54.5 Å². The average molecular weight is 266 g/mol. The Morgan fingerprint density at radius 3 is 2.50 bits per heavy atom. The minimum atomic E-state index is 0.676. The quantitative estimate of drug-likeness (QED) is 0.768. The van der Waals surface area contributed by atoms with Crippen molar-refractivity contribution in [3.05, 3.63) is 60.4 Å². The molecule has 1 heterocycles. The first-order valence-corrected chi connectivity index (χ1v) is 6.58. The maximum Gasteiger partial charge on any atom is 0.171 e. The van der Waals surface area contributed by atoms with Gasteiger partial charge in [-0.1, -0.05) is 61.2 Å². The van der Waals surface area contributed by atoms with Crippen molar-refractivity contribution < 1.29 is 0 Å². The number of aryl methyl sites for hydroxylation is 1. The van der Waals surface area contributed by atoms with E-state index in [9.17, 15) is 0 Å². The van der Waals surface area contributed by atoms with Crippen LogP contribution in [-0.4, -0.2) is 20.6 Å². The summed E-state index contributed by atoms with van der Waals surface area (Å²) in [4.78, 5) is 0. The Kier molecular flexibility index (Phi) is 4.60. The highest BCUT2D eigenvalue weighted by Gasteiger charge is 2.01. The Morgan fingerprint density at radius 1 is 1.15 bits per heavy atom. The third-order valence-corrected chi connectivity index (χ3v) is 3.05. The van der Waals surface area contributed by atoms with Gasteiger partial charge in [-0.05, 0) is 35.3 Å². The number of nitrogens with zero attached hydrogens (tertiary/aromatic N) is 3. The maximum absolute atomic E-state index is 4.09. The van der Waals surface area contributed by atoms with Crippen molar-refractivity contribution in [2.75, 3.05) is 0 Å². The van der Waals surface area contributed by atoms with Gasteiger partial charge in [-0.15, -0.1) is 10.2 Å². The van der Waals surface area contributed by atoms with Crippen LogP contribution in [0.1, 0.15) is 24.7 Å². The lowest BCUT2D eigenvalue weighted by Gasteiger charge is -2.07. The molecule has 1 N–H and O–H groups in total. The smallest absolute Gasteiger partial charge is 0.171 e. The summed E-state index contributed by atoms with van der Waals surface area (Å²) in [5, 5.41) is 15.3. The van der Waals surface area contributed by atoms with Crippen LogP contribution in [0.2, 0.25) is 0 Å². The van der Waals surface area contributed by atoms with Gasteiger partial charge >= 0.3 is 0 Å². The molecule has 3 rings (SSSR count). The van der Waals surface area contributed by atoms with Gasteiger partial charge in [0.15, 0.2) is 5.82 Å². The van der Waals surface area contributed by atoms with Crippen LogP contribution in [0.4, 0.5) is 0 Å². The van der Waals surface area contributed by atoms with Gasteiger partial charge in [0.25, 0.3) is 0 Å². The molecule has 0 aliphatic carbocycles. The number of rotatable bonds is 2. The van der Waals surface area contributed by atoms with Crippen LogP contribution in [0.3, 0.4) is 0 Å². The van der Waals surface area contributed by atoms with E-state index in [-0.39, 0.29) is 0 Å². The number of benzene rings is 2. The summed E-state index contributed by atoms with van der Waals surface area (Å²) in [7, 11) is 0. The summed E-state index contributed by atoms with van der Waals surface area (Å²) in [5.41, 5.74) is 2.49. The van der Waals surface area contributed by atoms with Crippen LogP contribution in [0.5, 0.6) is 0 Å². The Labute approximate surface area is 118 Å². The first kappa shape index (κ1) is 13.9. The van der Waals surface area contributed by atoms with Crippen LogP contribution in [0.15, 0.2) is 49.0 Å². The number of nitrogens with one attached hydrogen (secondary N) is 1. The van der Waals surface area contributed by atoms with Crippen LogP contribution in [0.25, 0.3) is 16.3 Å². The van der Waals surface area contributed by atoms with Gasteiger partial charge in [-0.2, -0.15) is 5.21 Å². The number of tetrazole rings is 1. The summed E-state index contributed by atoms with van der Waals surface area (Å²) < 4.78 is 0. The van der Waals surface area contributed by atoms with Gasteiger partial charge in [0.05, 0.1) is 0 Å². The molecule has 0 fully saturated rings. The highest BCUT2D eigenvalue weighted by molar-refractivity contribution is 5.93. The molecule has 3 aromatic rings. The maximum atomic E-state index is 4.09. The van der Waals surface area contributed by atoms with Gasteiger partial charge < -0.3 is 0 Å². The van der Waals surface area contributed by atoms with E-state index in [1.54, 1.807) is 6.92 Å². The third-order valence-electron chi connectivity index (χ3n) is 3.05. The SMILES string of the molecule is C=C(CC)c1cccc2ccccc12.Cc1nn[nH]n1. The monoisotopic (exact) mass is 266 g/mol. The molecule has 1 aromatic heterocycles. The zero-order chi connectivity index (χ0) is 14.4. The molecule has 4 nitrogen and oxygen atoms in total. The second kappa shape index (κ2) is 6.61. The molecule has 0 spiro atoms. The Morgan fingerprint density at radius 2 is 1.90 bits per heavy atom. The van der Waals surface area contributed by atoms with Crippen molar-refractivity contribution in [2.24, 2.45) is 0 Å². The van der Waals surface area contributed by atoms with E-state index in [2.05, 4.69) is 76.6 Å². The van der Waals surface area contributed by atoms with E-state index >= 15 is 0 Å². The summed E-state index contributed by atoms with van der Waals surface area (Å²) in [6.45, 7) is 8.00. The van der Waals surface area contributed by atoms with Crippen molar-refractivity contribution in [1.82, 2.24) is 20.6 Å². The highest BCUT2D eigenvalue weighted by Crippen LogP contribution is 2.25. The molecule has 4 heteroatoms. The minimum Gasteiger partial charge on any atom is -0.177 e. The predicted molar refractivity (Wildman–Crippen MR) is 82.2 cm³/mol. The molecule has 0 aliphatic rings. The van der Waals surface area contributed by atoms with Crippen LogP contribution in [0, 0.1) is 6.92 Å². The molecule has 2 aromatic carbocycles. The van der Waals surface area contributed by atoms with E-state index in [1.807, 2.05) is 0 Å². The summed E-state index contributed by atoms with van der Waals surface area (Å²) in [6.07, 6.45) is 1.01.